The number of rotatable bonds is 4. The number of pyridine rings is 1. The van der Waals surface area contributed by atoms with Crippen LogP contribution < -0.4 is 5.56 Å². The number of nitro benzene ring substituents is 1. The van der Waals surface area contributed by atoms with Gasteiger partial charge in [-0.3, -0.25) is 19.7 Å². The number of para-hydroxylation sites is 2. The summed E-state index contributed by atoms with van der Waals surface area (Å²) in [5, 5.41) is 21.8. The molecule has 1 N–H and O–H groups in total. The summed E-state index contributed by atoms with van der Waals surface area (Å²) in [6, 6.07) is 12.6. The molecule has 0 unspecified atom stereocenters. The van der Waals surface area contributed by atoms with Gasteiger partial charge in [0, 0.05) is 18.5 Å². The Balaban J connectivity index is 2.10. The average molecular weight is 350 g/mol. The van der Waals surface area contributed by atoms with Crippen molar-refractivity contribution < 1.29 is 14.8 Å². The van der Waals surface area contributed by atoms with E-state index in [9.17, 15) is 24.8 Å². The normalized spacial score (nSPS) is 11.1. The van der Waals surface area contributed by atoms with Crippen molar-refractivity contribution in [2.75, 3.05) is 0 Å². The number of nitrogens with zero attached hydrogens (tertiary/aromatic N) is 2. The number of hydrogen-bond acceptors (Lipinski definition) is 5. The molecule has 0 amide bonds. The first-order chi connectivity index (χ1) is 12.4. The minimum Gasteiger partial charge on any atom is -0.506 e. The second kappa shape index (κ2) is 6.64. The van der Waals surface area contributed by atoms with Crippen molar-refractivity contribution in [3.05, 3.63) is 86.2 Å². The minimum absolute atomic E-state index is 0.160. The Morgan fingerprint density at radius 3 is 2.54 bits per heavy atom. The van der Waals surface area contributed by atoms with Crippen LogP contribution in [-0.2, 0) is 7.05 Å². The molecule has 2 aromatic carbocycles. The van der Waals surface area contributed by atoms with Crippen molar-refractivity contribution >= 4 is 28.4 Å². The van der Waals surface area contributed by atoms with Gasteiger partial charge in [-0.2, -0.15) is 0 Å². The van der Waals surface area contributed by atoms with Crippen LogP contribution in [0.5, 0.6) is 5.75 Å². The van der Waals surface area contributed by atoms with Gasteiger partial charge >= 0.3 is 0 Å². The molecular weight excluding hydrogens is 336 g/mol. The highest BCUT2D eigenvalue weighted by atomic mass is 16.6. The van der Waals surface area contributed by atoms with Gasteiger partial charge in [-0.05, 0) is 30.4 Å². The third-order valence-corrected chi connectivity index (χ3v) is 4.07. The molecule has 7 nitrogen and oxygen atoms in total. The van der Waals surface area contributed by atoms with Crippen LogP contribution in [0, 0.1) is 10.1 Å². The molecule has 3 rings (SSSR count). The fourth-order valence-electron chi connectivity index (χ4n) is 2.75. The third-order valence-electron chi connectivity index (χ3n) is 4.07. The molecule has 0 aliphatic rings. The second-order valence-corrected chi connectivity index (χ2v) is 5.62. The number of allylic oxidation sites excluding steroid dienone is 1. The Kier molecular flexibility index (Phi) is 4.36. The monoisotopic (exact) mass is 350 g/mol. The Morgan fingerprint density at radius 1 is 1.15 bits per heavy atom. The number of fused-ring (bicyclic) bond motifs is 1. The third kappa shape index (κ3) is 2.86. The van der Waals surface area contributed by atoms with Gasteiger partial charge in [0.15, 0.2) is 5.78 Å². The summed E-state index contributed by atoms with van der Waals surface area (Å²) < 4.78 is 1.28. The van der Waals surface area contributed by atoms with E-state index in [0.717, 1.165) is 6.08 Å². The van der Waals surface area contributed by atoms with Crippen molar-refractivity contribution in [2.45, 2.75) is 0 Å². The topological polar surface area (TPSA) is 102 Å². The van der Waals surface area contributed by atoms with Crippen molar-refractivity contribution in [3.63, 3.8) is 0 Å². The molecular formula is C19H14N2O5. The summed E-state index contributed by atoms with van der Waals surface area (Å²) in [5.41, 5.74) is -0.455. The summed E-state index contributed by atoms with van der Waals surface area (Å²) in [5.74, 6) is -1.13. The van der Waals surface area contributed by atoms with E-state index in [-0.39, 0.29) is 16.8 Å². The molecule has 0 saturated heterocycles. The van der Waals surface area contributed by atoms with Crippen LogP contribution in [0.1, 0.15) is 15.9 Å². The van der Waals surface area contributed by atoms with Gasteiger partial charge in [0.1, 0.15) is 11.3 Å². The molecule has 130 valence electrons. The lowest BCUT2D eigenvalue weighted by Crippen LogP contribution is -2.24. The number of aromatic nitrogens is 1. The zero-order valence-electron chi connectivity index (χ0n) is 13.7. The van der Waals surface area contributed by atoms with Gasteiger partial charge in [-0.15, -0.1) is 0 Å². The summed E-state index contributed by atoms with van der Waals surface area (Å²) in [7, 11) is 1.51. The first kappa shape index (κ1) is 17.1. The molecule has 0 fully saturated rings. The molecule has 0 spiro atoms. The number of hydrogen-bond donors (Lipinski definition) is 1. The number of carbonyl (C=O) groups excluding carboxylic acids is 1. The quantitative estimate of drug-likeness (QED) is 0.337. The maximum absolute atomic E-state index is 12.5. The zero-order valence-corrected chi connectivity index (χ0v) is 13.7. The van der Waals surface area contributed by atoms with E-state index < -0.39 is 22.0 Å². The summed E-state index contributed by atoms with van der Waals surface area (Å²) >= 11 is 0. The Hall–Kier alpha value is -3.74. The lowest BCUT2D eigenvalue weighted by atomic mass is 10.1. The Bertz CT molecular complexity index is 1130. The van der Waals surface area contributed by atoms with E-state index in [0.29, 0.717) is 10.9 Å². The number of aromatic hydroxyl groups is 1. The summed E-state index contributed by atoms with van der Waals surface area (Å²) in [6.07, 6.45) is 2.31. The second-order valence-electron chi connectivity index (χ2n) is 5.62. The number of carbonyl (C=O) groups is 1. The molecule has 7 heteroatoms. The van der Waals surface area contributed by atoms with Crippen molar-refractivity contribution in [1.29, 1.82) is 0 Å². The lowest BCUT2D eigenvalue weighted by molar-refractivity contribution is -0.385. The fourth-order valence-corrected chi connectivity index (χ4v) is 2.75. The van der Waals surface area contributed by atoms with Crippen LogP contribution >= 0.6 is 0 Å². The average Bonchev–Trinajstić information content (AvgIpc) is 2.65. The number of nitro groups is 1. The fraction of sp³-hybridized carbons (Fsp3) is 0.0526. The molecule has 0 aliphatic carbocycles. The molecule has 0 bridgehead atoms. The molecule has 26 heavy (non-hydrogen) atoms. The number of benzene rings is 2. The maximum atomic E-state index is 12.5. The van der Waals surface area contributed by atoms with Crippen molar-refractivity contribution in [1.82, 2.24) is 4.57 Å². The van der Waals surface area contributed by atoms with Crippen LogP contribution in [-0.4, -0.2) is 20.4 Å². The maximum Gasteiger partial charge on any atom is 0.276 e. The van der Waals surface area contributed by atoms with Crippen LogP contribution in [0.15, 0.2) is 59.4 Å². The van der Waals surface area contributed by atoms with Crippen molar-refractivity contribution in [3.8, 4) is 5.75 Å². The molecule has 0 atom stereocenters. The van der Waals surface area contributed by atoms with E-state index in [1.54, 1.807) is 30.3 Å². The number of aryl methyl sites for hydroxylation is 1. The molecule has 3 aromatic rings. The minimum atomic E-state index is -0.730. The number of ketones is 1. The summed E-state index contributed by atoms with van der Waals surface area (Å²) in [4.78, 5) is 35.4. The van der Waals surface area contributed by atoms with Gasteiger partial charge in [0.05, 0.1) is 16.0 Å². The van der Waals surface area contributed by atoms with Crippen molar-refractivity contribution in [2.24, 2.45) is 7.05 Å². The first-order valence-corrected chi connectivity index (χ1v) is 7.68. The highest BCUT2D eigenvalue weighted by Gasteiger charge is 2.19. The summed E-state index contributed by atoms with van der Waals surface area (Å²) in [6.45, 7) is 0. The van der Waals surface area contributed by atoms with E-state index >= 15 is 0 Å². The highest BCUT2D eigenvalue weighted by molar-refractivity contribution is 6.11. The Morgan fingerprint density at radius 2 is 1.81 bits per heavy atom. The predicted molar refractivity (Wildman–Crippen MR) is 97.3 cm³/mol. The van der Waals surface area contributed by atoms with Gasteiger partial charge in [-0.1, -0.05) is 24.3 Å². The van der Waals surface area contributed by atoms with Crippen LogP contribution in [0.4, 0.5) is 5.69 Å². The van der Waals surface area contributed by atoms with Gasteiger partial charge in [0.25, 0.3) is 11.2 Å². The molecule has 0 aliphatic heterocycles. The zero-order chi connectivity index (χ0) is 18.8. The van der Waals surface area contributed by atoms with E-state index in [1.165, 1.54) is 35.9 Å². The van der Waals surface area contributed by atoms with Crippen LogP contribution in [0.3, 0.4) is 0 Å². The highest BCUT2D eigenvalue weighted by Crippen LogP contribution is 2.26. The van der Waals surface area contributed by atoms with E-state index in [2.05, 4.69) is 0 Å². The smallest absolute Gasteiger partial charge is 0.276 e. The van der Waals surface area contributed by atoms with Gasteiger partial charge < -0.3 is 9.67 Å². The van der Waals surface area contributed by atoms with E-state index in [1.807, 2.05) is 0 Å². The lowest BCUT2D eigenvalue weighted by Gasteiger charge is -2.09. The standard InChI is InChI=1S/C19H14N2O5/c1-20-15-9-5-3-7-13(15)18(23)17(19(20)24)16(22)11-10-12-6-2-4-8-14(12)21(25)26/h2-11,23H,1H3/b11-10+. The molecule has 0 saturated carbocycles. The first-order valence-electron chi connectivity index (χ1n) is 7.68. The molecule has 1 aromatic heterocycles. The molecule has 1 heterocycles. The molecule has 0 radical (unpaired) electrons. The van der Waals surface area contributed by atoms with Gasteiger partial charge in [-0.25, -0.2) is 0 Å². The van der Waals surface area contributed by atoms with E-state index in [4.69, 9.17) is 0 Å². The Labute approximate surface area is 147 Å². The SMILES string of the molecule is Cn1c(=O)c(C(=O)/C=C/c2ccccc2[N+](=O)[O-])c(O)c2ccccc21. The van der Waals surface area contributed by atoms with Gasteiger partial charge in [0.2, 0.25) is 0 Å². The van der Waals surface area contributed by atoms with Crippen LogP contribution in [0.25, 0.3) is 17.0 Å². The predicted octanol–water partition coefficient (Wildman–Crippen LogP) is 3.05. The largest absolute Gasteiger partial charge is 0.506 e. The van der Waals surface area contributed by atoms with Crippen LogP contribution in [0.2, 0.25) is 0 Å².